The molecule has 2 aliphatic heterocycles. The van der Waals surface area contributed by atoms with Gasteiger partial charge in [0.05, 0.1) is 24.5 Å². The van der Waals surface area contributed by atoms with Crippen molar-refractivity contribution in [1.82, 2.24) is 19.9 Å². The highest BCUT2D eigenvalue weighted by atomic mass is 16.3. The first-order valence-electron chi connectivity index (χ1n) is 9.20. The molecule has 0 bridgehead atoms. The molecule has 0 aromatic carbocycles. The van der Waals surface area contributed by atoms with E-state index >= 15 is 0 Å². The number of nitrogens with one attached hydrogen (secondary N) is 1. The second-order valence-corrected chi connectivity index (χ2v) is 7.08. The summed E-state index contributed by atoms with van der Waals surface area (Å²) in [4.78, 5) is 23.8. The second kappa shape index (κ2) is 7.09. The van der Waals surface area contributed by atoms with Gasteiger partial charge in [-0.3, -0.25) is 4.79 Å². The molecule has 2 saturated heterocycles. The summed E-state index contributed by atoms with van der Waals surface area (Å²) in [7, 11) is 0. The Morgan fingerprint density at radius 2 is 2.12 bits per heavy atom. The lowest BCUT2D eigenvalue weighted by molar-refractivity contribution is -0.121. The molecule has 4 heterocycles. The number of rotatable bonds is 5. The molecule has 0 unspecified atom stereocenters. The first kappa shape index (κ1) is 16.5. The number of anilines is 1. The Bertz CT molecular complexity index is 753. The van der Waals surface area contributed by atoms with Gasteiger partial charge in [0.2, 0.25) is 0 Å². The van der Waals surface area contributed by atoms with Crippen LogP contribution in [0.15, 0.2) is 18.6 Å². The van der Waals surface area contributed by atoms with Crippen LogP contribution in [0.2, 0.25) is 0 Å². The van der Waals surface area contributed by atoms with Crippen molar-refractivity contribution < 1.29 is 9.90 Å². The van der Waals surface area contributed by atoms with Crippen LogP contribution < -0.4 is 10.2 Å². The van der Waals surface area contributed by atoms with Gasteiger partial charge in [0, 0.05) is 31.7 Å². The van der Waals surface area contributed by atoms with Gasteiger partial charge in [-0.25, -0.2) is 9.97 Å². The first-order chi connectivity index (χ1) is 12.2. The van der Waals surface area contributed by atoms with Gasteiger partial charge in [0.1, 0.15) is 5.52 Å². The highest BCUT2D eigenvalue weighted by Gasteiger charge is 2.25. The number of piperidine rings is 1. The normalized spacial score (nSPS) is 24.1. The minimum Gasteiger partial charge on any atom is -0.391 e. The molecular weight excluding hydrogens is 318 g/mol. The van der Waals surface area contributed by atoms with Crippen LogP contribution in [0, 0.1) is 0 Å². The number of aliphatic hydroxyl groups excluding tert-OH is 1. The van der Waals surface area contributed by atoms with E-state index in [1.165, 1.54) is 12.8 Å². The van der Waals surface area contributed by atoms with Crippen LogP contribution in [0.1, 0.15) is 32.1 Å². The summed E-state index contributed by atoms with van der Waals surface area (Å²) in [6.07, 6.45) is 7.56. The Morgan fingerprint density at radius 1 is 1.28 bits per heavy atom. The number of hydrogen-bond acceptors (Lipinski definition) is 6. The zero-order chi connectivity index (χ0) is 17.2. The number of nitrogens with zero attached hydrogens (tertiary/aromatic N) is 4. The van der Waals surface area contributed by atoms with Gasteiger partial charge in [-0.05, 0) is 38.3 Å². The summed E-state index contributed by atoms with van der Waals surface area (Å²) in [6.45, 7) is 3.19. The predicted octanol–water partition coefficient (Wildman–Crippen LogP) is 1.10. The minimum absolute atomic E-state index is 0.109. The van der Waals surface area contributed by atoms with E-state index in [2.05, 4.69) is 20.2 Å². The third kappa shape index (κ3) is 3.39. The van der Waals surface area contributed by atoms with Gasteiger partial charge in [-0.1, -0.05) is 0 Å². The fourth-order valence-electron chi connectivity index (χ4n) is 3.91. The Morgan fingerprint density at radius 3 is 2.92 bits per heavy atom. The Labute approximate surface area is 147 Å². The summed E-state index contributed by atoms with van der Waals surface area (Å²) in [5.74, 6) is 1.03. The maximum absolute atomic E-state index is 12.5. The quantitative estimate of drug-likeness (QED) is 0.846. The van der Waals surface area contributed by atoms with E-state index in [4.69, 9.17) is 0 Å². The summed E-state index contributed by atoms with van der Waals surface area (Å²) >= 11 is 0. The molecule has 2 atom stereocenters. The molecule has 2 aliphatic rings. The van der Waals surface area contributed by atoms with Crippen LogP contribution >= 0.6 is 0 Å². The molecule has 2 fully saturated rings. The number of ketones is 1. The van der Waals surface area contributed by atoms with Crippen LogP contribution in [0.25, 0.3) is 11.0 Å². The zero-order valence-electron chi connectivity index (χ0n) is 14.4. The monoisotopic (exact) mass is 343 g/mol. The molecule has 0 aliphatic carbocycles. The number of aromatic nitrogens is 3. The highest BCUT2D eigenvalue weighted by molar-refractivity contribution is 5.88. The predicted molar refractivity (Wildman–Crippen MR) is 95.6 cm³/mol. The Kier molecular flexibility index (Phi) is 4.67. The topological polar surface area (TPSA) is 83.3 Å². The maximum atomic E-state index is 12.5. The third-order valence-electron chi connectivity index (χ3n) is 5.27. The molecule has 4 rings (SSSR count). The number of aliphatic hydroxyl groups is 1. The first-order valence-corrected chi connectivity index (χ1v) is 9.20. The maximum Gasteiger partial charge on any atom is 0.156 e. The smallest absolute Gasteiger partial charge is 0.156 e. The van der Waals surface area contributed by atoms with Gasteiger partial charge < -0.3 is 19.9 Å². The van der Waals surface area contributed by atoms with Crippen LogP contribution in [-0.2, 0) is 11.3 Å². The second-order valence-electron chi connectivity index (χ2n) is 7.08. The summed E-state index contributed by atoms with van der Waals surface area (Å²) < 4.78 is 1.90. The molecule has 0 amide bonds. The van der Waals surface area contributed by atoms with Crippen molar-refractivity contribution in [2.24, 2.45) is 0 Å². The van der Waals surface area contributed by atoms with E-state index in [9.17, 15) is 9.90 Å². The molecule has 2 aromatic rings. The van der Waals surface area contributed by atoms with Crippen molar-refractivity contribution in [2.75, 3.05) is 24.5 Å². The third-order valence-corrected chi connectivity index (χ3v) is 5.27. The number of hydrogen-bond donors (Lipinski definition) is 2. The molecule has 0 saturated carbocycles. The SMILES string of the molecule is O=C(C[C@H]1NCCC[C@@H]1O)Cn1cnc2c(N3CCCC3)nccc21. The lowest BCUT2D eigenvalue weighted by Crippen LogP contribution is -2.46. The van der Waals surface area contributed by atoms with Gasteiger partial charge in [0.15, 0.2) is 11.6 Å². The summed E-state index contributed by atoms with van der Waals surface area (Å²) in [6, 6.07) is 1.79. The van der Waals surface area contributed by atoms with Crippen LogP contribution in [0.3, 0.4) is 0 Å². The van der Waals surface area contributed by atoms with E-state index < -0.39 is 6.10 Å². The fourth-order valence-corrected chi connectivity index (χ4v) is 3.91. The van der Waals surface area contributed by atoms with Crippen LogP contribution in [-0.4, -0.2) is 57.2 Å². The molecule has 0 radical (unpaired) electrons. The average molecular weight is 343 g/mol. The van der Waals surface area contributed by atoms with E-state index in [0.29, 0.717) is 6.42 Å². The van der Waals surface area contributed by atoms with E-state index in [1.54, 1.807) is 12.5 Å². The lowest BCUT2D eigenvalue weighted by Gasteiger charge is -2.28. The standard InChI is InChI=1S/C18H25N5O2/c24-13(10-14-16(25)4-3-6-19-14)11-23-12-21-17-15(23)5-7-20-18(17)22-8-1-2-9-22/h5,7,12,14,16,19,25H,1-4,6,8-11H2/t14-,16+/m1/s1. The van der Waals surface area contributed by atoms with E-state index in [1.807, 2.05) is 10.6 Å². The number of carbonyl (C=O) groups is 1. The number of Topliss-reactive ketones (excluding diaryl/α,β-unsaturated/α-hetero) is 1. The number of pyridine rings is 1. The van der Waals surface area contributed by atoms with Crippen molar-refractivity contribution in [3.05, 3.63) is 18.6 Å². The molecule has 2 aromatic heterocycles. The van der Waals surface area contributed by atoms with Crippen molar-refractivity contribution in [3.63, 3.8) is 0 Å². The van der Waals surface area contributed by atoms with Crippen LogP contribution in [0.4, 0.5) is 5.82 Å². The van der Waals surface area contributed by atoms with Gasteiger partial charge in [-0.2, -0.15) is 0 Å². The van der Waals surface area contributed by atoms with Crippen molar-refractivity contribution >= 4 is 22.6 Å². The van der Waals surface area contributed by atoms with Gasteiger partial charge in [-0.15, -0.1) is 0 Å². The van der Waals surface area contributed by atoms with Crippen molar-refractivity contribution in [2.45, 2.75) is 50.8 Å². The lowest BCUT2D eigenvalue weighted by atomic mass is 9.97. The van der Waals surface area contributed by atoms with Gasteiger partial charge >= 0.3 is 0 Å². The number of fused-ring (bicyclic) bond motifs is 1. The molecule has 2 N–H and O–H groups in total. The summed E-state index contributed by atoms with van der Waals surface area (Å²) in [5.41, 5.74) is 1.82. The Hall–Kier alpha value is -1.99. The van der Waals surface area contributed by atoms with E-state index in [-0.39, 0.29) is 18.4 Å². The molecular formula is C18H25N5O2. The molecule has 7 heteroatoms. The van der Waals surface area contributed by atoms with E-state index in [0.717, 1.165) is 49.3 Å². The Balaban J connectivity index is 1.50. The van der Waals surface area contributed by atoms with Crippen LogP contribution in [0.5, 0.6) is 0 Å². The number of imidazole rings is 1. The zero-order valence-corrected chi connectivity index (χ0v) is 14.4. The number of carbonyl (C=O) groups excluding carboxylic acids is 1. The average Bonchev–Trinajstić information content (AvgIpc) is 3.27. The largest absolute Gasteiger partial charge is 0.391 e. The highest BCUT2D eigenvalue weighted by Crippen LogP contribution is 2.26. The van der Waals surface area contributed by atoms with Gasteiger partial charge in [0.25, 0.3) is 0 Å². The fraction of sp³-hybridized carbons (Fsp3) is 0.611. The molecule has 134 valence electrons. The summed E-state index contributed by atoms with van der Waals surface area (Å²) in [5, 5.41) is 13.3. The minimum atomic E-state index is -0.428. The molecule has 7 nitrogen and oxygen atoms in total. The molecule has 0 spiro atoms. The molecule has 25 heavy (non-hydrogen) atoms. The van der Waals surface area contributed by atoms with Crippen molar-refractivity contribution in [3.8, 4) is 0 Å². The van der Waals surface area contributed by atoms with Crippen molar-refractivity contribution in [1.29, 1.82) is 0 Å².